The van der Waals surface area contributed by atoms with Gasteiger partial charge in [-0.3, -0.25) is 0 Å². The third-order valence-corrected chi connectivity index (χ3v) is 3.36. The lowest BCUT2D eigenvalue weighted by Gasteiger charge is -2.23. The summed E-state index contributed by atoms with van der Waals surface area (Å²) in [4.78, 5) is 0. The van der Waals surface area contributed by atoms with Gasteiger partial charge in [0.05, 0.1) is 12.2 Å². The Morgan fingerprint density at radius 3 is 2.94 bits per heavy atom. The number of para-hydroxylation sites is 1. The van der Waals surface area contributed by atoms with E-state index in [0.29, 0.717) is 13.0 Å². The van der Waals surface area contributed by atoms with Crippen molar-refractivity contribution in [2.24, 2.45) is 0 Å². The fourth-order valence-corrected chi connectivity index (χ4v) is 2.23. The van der Waals surface area contributed by atoms with Crippen LogP contribution in [-0.4, -0.2) is 24.4 Å². The van der Waals surface area contributed by atoms with Gasteiger partial charge < -0.3 is 14.6 Å². The van der Waals surface area contributed by atoms with Crippen LogP contribution in [0.1, 0.15) is 44.3 Å². The van der Waals surface area contributed by atoms with Crippen LogP contribution in [0.2, 0.25) is 0 Å². The molecule has 1 heterocycles. The lowest BCUT2D eigenvalue weighted by molar-refractivity contribution is -0.0116. The van der Waals surface area contributed by atoms with E-state index in [0.717, 1.165) is 30.8 Å². The molecular weight excluding hydrogens is 228 g/mol. The minimum Gasteiger partial charge on any atom is -0.490 e. The van der Waals surface area contributed by atoms with E-state index in [4.69, 9.17) is 9.47 Å². The molecule has 0 aliphatic carbocycles. The molecule has 2 unspecified atom stereocenters. The maximum absolute atomic E-state index is 9.94. The molecule has 0 bridgehead atoms. The molecule has 2 atom stereocenters. The quantitative estimate of drug-likeness (QED) is 0.872. The second kappa shape index (κ2) is 6.76. The number of hydrogen-bond acceptors (Lipinski definition) is 3. The van der Waals surface area contributed by atoms with E-state index >= 15 is 0 Å². The molecule has 0 spiro atoms. The van der Waals surface area contributed by atoms with Crippen molar-refractivity contribution in [1.82, 2.24) is 0 Å². The summed E-state index contributed by atoms with van der Waals surface area (Å²) in [5.74, 6) is 0.779. The predicted octanol–water partition coefficient (Wildman–Crippen LogP) is 3.08. The lowest BCUT2D eigenvalue weighted by Crippen LogP contribution is -2.26. The molecule has 1 aromatic carbocycles. The van der Waals surface area contributed by atoms with Gasteiger partial charge in [-0.05, 0) is 31.7 Å². The van der Waals surface area contributed by atoms with Gasteiger partial charge in [-0.25, -0.2) is 0 Å². The molecule has 0 amide bonds. The SMILES string of the molecule is CCC(O)c1ccccc1OCC1CCCCO1. The van der Waals surface area contributed by atoms with Crippen molar-refractivity contribution >= 4 is 0 Å². The minimum atomic E-state index is -0.450. The predicted molar refractivity (Wildman–Crippen MR) is 70.8 cm³/mol. The van der Waals surface area contributed by atoms with Gasteiger partial charge in [0.1, 0.15) is 12.4 Å². The third-order valence-electron chi connectivity index (χ3n) is 3.36. The van der Waals surface area contributed by atoms with E-state index in [1.54, 1.807) is 0 Å². The monoisotopic (exact) mass is 250 g/mol. The maximum atomic E-state index is 9.94. The summed E-state index contributed by atoms with van der Waals surface area (Å²) >= 11 is 0. The number of benzene rings is 1. The Morgan fingerprint density at radius 2 is 2.22 bits per heavy atom. The molecule has 3 heteroatoms. The smallest absolute Gasteiger partial charge is 0.125 e. The van der Waals surface area contributed by atoms with Crippen LogP contribution in [0.5, 0.6) is 5.75 Å². The third kappa shape index (κ3) is 3.47. The topological polar surface area (TPSA) is 38.7 Å². The summed E-state index contributed by atoms with van der Waals surface area (Å²) in [5.41, 5.74) is 0.871. The average Bonchev–Trinajstić information content (AvgIpc) is 2.45. The Balaban J connectivity index is 1.95. The maximum Gasteiger partial charge on any atom is 0.125 e. The molecule has 18 heavy (non-hydrogen) atoms. The van der Waals surface area contributed by atoms with Gasteiger partial charge in [-0.15, -0.1) is 0 Å². The average molecular weight is 250 g/mol. The van der Waals surface area contributed by atoms with Crippen LogP contribution in [0.15, 0.2) is 24.3 Å². The van der Waals surface area contributed by atoms with Gasteiger partial charge in [0.25, 0.3) is 0 Å². The van der Waals surface area contributed by atoms with Crippen molar-refractivity contribution in [2.45, 2.75) is 44.8 Å². The molecule has 1 aliphatic rings. The van der Waals surface area contributed by atoms with Crippen LogP contribution in [0.25, 0.3) is 0 Å². The highest BCUT2D eigenvalue weighted by Gasteiger charge is 2.16. The zero-order valence-electron chi connectivity index (χ0n) is 11.0. The molecule has 1 aliphatic heterocycles. The molecular formula is C15H22O3. The summed E-state index contributed by atoms with van der Waals surface area (Å²) in [6.45, 7) is 3.38. The fourth-order valence-electron chi connectivity index (χ4n) is 2.23. The molecule has 100 valence electrons. The Labute approximate surface area is 109 Å². The van der Waals surface area contributed by atoms with E-state index in [1.807, 2.05) is 31.2 Å². The van der Waals surface area contributed by atoms with Crippen molar-refractivity contribution in [2.75, 3.05) is 13.2 Å². The molecule has 0 radical (unpaired) electrons. The van der Waals surface area contributed by atoms with Crippen LogP contribution in [-0.2, 0) is 4.74 Å². The number of ether oxygens (including phenoxy) is 2. The zero-order chi connectivity index (χ0) is 12.8. The Kier molecular flexibility index (Phi) is 5.02. The summed E-state index contributed by atoms with van der Waals surface area (Å²) in [6, 6.07) is 7.70. The van der Waals surface area contributed by atoms with E-state index < -0.39 is 6.10 Å². The molecule has 1 N–H and O–H groups in total. The van der Waals surface area contributed by atoms with E-state index in [2.05, 4.69) is 0 Å². The molecule has 0 aromatic heterocycles. The first-order valence-corrected chi connectivity index (χ1v) is 6.82. The largest absolute Gasteiger partial charge is 0.490 e. The van der Waals surface area contributed by atoms with E-state index in [-0.39, 0.29) is 6.10 Å². The number of hydrogen-bond donors (Lipinski definition) is 1. The number of rotatable bonds is 5. The highest BCUT2D eigenvalue weighted by atomic mass is 16.5. The summed E-state index contributed by atoms with van der Waals surface area (Å²) in [7, 11) is 0. The summed E-state index contributed by atoms with van der Waals surface area (Å²) in [5, 5.41) is 9.94. The van der Waals surface area contributed by atoms with Gasteiger partial charge in [0.15, 0.2) is 0 Å². The van der Waals surface area contributed by atoms with Crippen LogP contribution >= 0.6 is 0 Å². The molecule has 2 rings (SSSR count). The van der Waals surface area contributed by atoms with Crippen molar-refractivity contribution in [1.29, 1.82) is 0 Å². The molecule has 3 nitrogen and oxygen atoms in total. The van der Waals surface area contributed by atoms with Crippen molar-refractivity contribution < 1.29 is 14.6 Å². The van der Waals surface area contributed by atoms with Crippen LogP contribution in [0, 0.1) is 0 Å². The van der Waals surface area contributed by atoms with Crippen molar-refractivity contribution in [3.8, 4) is 5.75 Å². The van der Waals surface area contributed by atoms with Crippen LogP contribution in [0.4, 0.5) is 0 Å². The first-order valence-electron chi connectivity index (χ1n) is 6.82. The van der Waals surface area contributed by atoms with Gasteiger partial charge in [0, 0.05) is 12.2 Å². The number of aliphatic hydroxyl groups excluding tert-OH is 1. The standard InChI is InChI=1S/C15H22O3/c1-2-14(16)13-8-3-4-9-15(13)18-11-12-7-5-6-10-17-12/h3-4,8-9,12,14,16H,2,5-7,10-11H2,1H3. The van der Waals surface area contributed by atoms with Crippen molar-refractivity contribution in [3.63, 3.8) is 0 Å². The molecule has 0 saturated carbocycles. The minimum absolute atomic E-state index is 0.200. The normalized spacial score (nSPS) is 21.6. The fraction of sp³-hybridized carbons (Fsp3) is 0.600. The first-order chi connectivity index (χ1) is 8.81. The van der Waals surface area contributed by atoms with Crippen LogP contribution in [0.3, 0.4) is 0 Å². The highest BCUT2D eigenvalue weighted by molar-refractivity contribution is 5.35. The Morgan fingerprint density at radius 1 is 1.39 bits per heavy atom. The van der Waals surface area contributed by atoms with Gasteiger partial charge >= 0.3 is 0 Å². The molecule has 1 fully saturated rings. The highest BCUT2D eigenvalue weighted by Crippen LogP contribution is 2.27. The second-order valence-electron chi connectivity index (χ2n) is 4.76. The summed E-state index contributed by atoms with van der Waals surface area (Å²) in [6.07, 6.45) is 3.88. The summed E-state index contributed by atoms with van der Waals surface area (Å²) < 4.78 is 11.5. The first kappa shape index (κ1) is 13.4. The van der Waals surface area contributed by atoms with E-state index in [9.17, 15) is 5.11 Å². The molecule has 1 saturated heterocycles. The van der Waals surface area contributed by atoms with Gasteiger partial charge in [-0.1, -0.05) is 25.1 Å². The van der Waals surface area contributed by atoms with Crippen molar-refractivity contribution in [3.05, 3.63) is 29.8 Å². The Hall–Kier alpha value is -1.06. The molecule has 1 aromatic rings. The van der Waals surface area contributed by atoms with E-state index in [1.165, 1.54) is 6.42 Å². The second-order valence-corrected chi connectivity index (χ2v) is 4.76. The van der Waals surface area contributed by atoms with Gasteiger partial charge in [0.2, 0.25) is 0 Å². The Bertz CT molecular complexity index is 359. The number of aliphatic hydroxyl groups is 1. The zero-order valence-corrected chi connectivity index (χ0v) is 11.0. The van der Waals surface area contributed by atoms with Crippen LogP contribution < -0.4 is 4.74 Å². The van der Waals surface area contributed by atoms with Gasteiger partial charge in [-0.2, -0.15) is 0 Å². The lowest BCUT2D eigenvalue weighted by atomic mass is 10.1.